The molecule has 1 unspecified atom stereocenters. The van der Waals surface area contributed by atoms with Gasteiger partial charge in [0.1, 0.15) is 0 Å². The Labute approximate surface area is 195 Å². The molecule has 1 atom stereocenters. The van der Waals surface area contributed by atoms with Crippen LogP contribution in [0.3, 0.4) is 0 Å². The van der Waals surface area contributed by atoms with Crippen molar-refractivity contribution >= 4 is 23.2 Å². The molecular formula is C26H34N6O. The average molecular weight is 447 g/mol. The number of nitrogens with one attached hydrogen (secondary N) is 2. The standard InChI is InChI=1S/C24H29N5.C2H5NO/c1-5-21(16-8-6-15(2)7-9-16)29-14-18-10-17(13-27-23(18)28-29)22(26)19-11-24(3,4)12-20(19)25;1-3-2-4/h6-10,13-14,21,26H,5,11-12,25H2,1-4H3;2H,1H3,(H,3,4). The third kappa shape index (κ3) is 5.48. The molecule has 0 spiro atoms. The van der Waals surface area contributed by atoms with E-state index in [4.69, 9.17) is 21.0 Å². The van der Waals surface area contributed by atoms with Crippen LogP contribution in [0, 0.1) is 17.7 Å². The van der Waals surface area contributed by atoms with Crippen LogP contribution >= 0.6 is 0 Å². The molecule has 7 heteroatoms. The predicted octanol–water partition coefficient (Wildman–Crippen LogP) is 4.50. The van der Waals surface area contributed by atoms with Crippen LogP contribution in [0.5, 0.6) is 0 Å². The summed E-state index contributed by atoms with van der Waals surface area (Å²) in [6, 6.07) is 10.8. The van der Waals surface area contributed by atoms with E-state index in [0.717, 1.165) is 41.5 Å². The largest absolute Gasteiger partial charge is 0.402 e. The molecule has 0 saturated carbocycles. The quantitative estimate of drug-likeness (QED) is 0.382. The van der Waals surface area contributed by atoms with Gasteiger partial charge in [-0.1, -0.05) is 50.6 Å². The Morgan fingerprint density at radius 2 is 1.97 bits per heavy atom. The number of hydrogen-bond acceptors (Lipinski definition) is 5. The van der Waals surface area contributed by atoms with E-state index >= 15 is 0 Å². The molecule has 33 heavy (non-hydrogen) atoms. The number of carbonyl (C=O) groups is 1. The van der Waals surface area contributed by atoms with Crippen LogP contribution in [-0.2, 0) is 4.79 Å². The van der Waals surface area contributed by atoms with Crippen LogP contribution in [0.4, 0.5) is 0 Å². The van der Waals surface area contributed by atoms with Crippen molar-refractivity contribution in [1.82, 2.24) is 20.1 Å². The third-order valence-corrected chi connectivity index (χ3v) is 5.97. The van der Waals surface area contributed by atoms with Crippen LogP contribution in [0.25, 0.3) is 11.0 Å². The number of nitrogens with zero attached hydrogens (tertiary/aromatic N) is 3. The zero-order chi connectivity index (χ0) is 24.2. The lowest BCUT2D eigenvalue weighted by atomic mass is 9.88. The van der Waals surface area contributed by atoms with Gasteiger partial charge < -0.3 is 11.1 Å². The number of hydrogen-bond donors (Lipinski definition) is 3. The summed E-state index contributed by atoms with van der Waals surface area (Å²) in [5, 5.41) is 16.6. The normalized spacial score (nSPS) is 15.7. The number of aromatic nitrogens is 3. The molecule has 1 amide bonds. The number of benzene rings is 1. The fraction of sp³-hybridized carbons (Fsp3) is 0.385. The predicted molar refractivity (Wildman–Crippen MR) is 133 cm³/mol. The van der Waals surface area contributed by atoms with Crippen molar-refractivity contribution in [3.8, 4) is 0 Å². The summed E-state index contributed by atoms with van der Waals surface area (Å²) in [4.78, 5) is 13.6. The fourth-order valence-corrected chi connectivity index (χ4v) is 4.29. The Hall–Kier alpha value is -3.48. The molecular weight excluding hydrogens is 412 g/mol. The second kappa shape index (κ2) is 9.98. The second-order valence-electron chi connectivity index (χ2n) is 9.38. The van der Waals surface area contributed by atoms with Crippen LogP contribution in [-0.4, -0.2) is 33.9 Å². The lowest BCUT2D eigenvalue weighted by molar-refractivity contribution is -0.109. The summed E-state index contributed by atoms with van der Waals surface area (Å²) in [7, 11) is 1.56. The van der Waals surface area contributed by atoms with Crippen molar-refractivity contribution in [2.75, 3.05) is 7.05 Å². The molecule has 7 nitrogen and oxygen atoms in total. The van der Waals surface area contributed by atoms with E-state index in [2.05, 4.69) is 62.3 Å². The lowest BCUT2D eigenvalue weighted by Crippen LogP contribution is -2.10. The van der Waals surface area contributed by atoms with Gasteiger partial charge in [-0.05, 0) is 48.8 Å². The highest BCUT2D eigenvalue weighted by molar-refractivity contribution is 6.12. The zero-order valence-electron chi connectivity index (χ0n) is 20.1. The van der Waals surface area contributed by atoms with Gasteiger partial charge in [-0.2, -0.15) is 5.10 Å². The number of aryl methyl sites for hydroxylation is 1. The molecule has 4 N–H and O–H groups in total. The molecule has 2 aromatic heterocycles. The highest BCUT2D eigenvalue weighted by Crippen LogP contribution is 2.40. The van der Waals surface area contributed by atoms with Crippen molar-refractivity contribution in [1.29, 1.82) is 5.41 Å². The minimum absolute atomic E-state index is 0.122. The number of fused-ring (bicyclic) bond motifs is 1. The van der Waals surface area contributed by atoms with E-state index in [1.165, 1.54) is 11.1 Å². The maximum absolute atomic E-state index is 9.06. The highest BCUT2D eigenvalue weighted by Gasteiger charge is 2.31. The smallest absolute Gasteiger partial charge is 0.206 e. The summed E-state index contributed by atoms with van der Waals surface area (Å²) in [5.41, 5.74) is 12.6. The van der Waals surface area contributed by atoms with E-state index in [-0.39, 0.29) is 11.5 Å². The van der Waals surface area contributed by atoms with Crippen LogP contribution in [0.2, 0.25) is 0 Å². The molecule has 174 valence electrons. The maximum Gasteiger partial charge on any atom is 0.206 e. The first-order chi connectivity index (χ1) is 15.7. The van der Waals surface area contributed by atoms with Crippen molar-refractivity contribution < 1.29 is 4.79 Å². The molecule has 3 aromatic rings. The van der Waals surface area contributed by atoms with Gasteiger partial charge >= 0.3 is 0 Å². The summed E-state index contributed by atoms with van der Waals surface area (Å²) in [5.74, 6) is 0. The van der Waals surface area contributed by atoms with Crippen molar-refractivity contribution in [3.63, 3.8) is 0 Å². The topological polar surface area (TPSA) is 110 Å². The van der Waals surface area contributed by atoms with Gasteiger partial charge in [0.25, 0.3) is 0 Å². The molecule has 0 bridgehead atoms. The average Bonchev–Trinajstić information content (AvgIpc) is 3.33. The summed E-state index contributed by atoms with van der Waals surface area (Å²) >= 11 is 0. The van der Waals surface area contributed by atoms with Crippen molar-refractivity contribution in [2.45, 2.75) is 53.0 Å². The van der Waals surface area contributed by atoms with Crippen LogP contribution in [0.15, 0.2) is 54.0 Å². The monoisotopic (exact) mass is 446 g/mol. The van der Waals surface area contributed by atoms with Gasteiger partial charge in [-0.25, -0.2) is 4.98 Å². The summed E-state index contributed by atoms with van der Waals surface area (Å²) in [6.07, 6.45) is 7.04. The SMILES string of the molecule is CCC(c1ccc(C)cc1)n1cc2cc(C(=N)C3=C(N)CC(C)(C)C3)cnc2n1.CNC=O. The van der Waals surface area contributed by atoms with E-state index in [1.807, 2.05) is 16.9 Å². The first-order valence-corrected chi connectivity index (χ1v) is 11.3. The van der Waals surface area contributed by atoms with Gasteiger partial charge in [-0.15, -0.1) is 0 Å². The zero-order valence-corrected chi connectivity index (χ0v) is 20.1. The molecule has 0 saturated heterocycles. The summed E-state index contributed by atoms with van der Waals surface area (Å²) in [6.45, 7) is 8.66. The highest BCUT2D eigenvalue weighted by atomic mass is 16.1. The molecule has 1 aliphatic rings. The first kappa shape index (κ1) is 24.2. The number of pyridine rings is 1. The minimum atomic E-state index is 0.122. The number of rotatable bonds is 6. The van der Waals surface area contributed by atoms with Crippen molar-refractivity contribution in [3.05, 3.63) is 70.7 Å². The Kier molecular flexibility index (Phi) is 7.31. The molecule has 4 rings (SSSR count). The molecule has 0 radical (unpaired) electrons. The van der Waals surface area contributed by atoms with Gasteiger partial charge in [0.05, 0.1) is 11.8 Å². The van der Waals surface area contributed by atoms with Crippen LogP contribution < -0.4 is 11.1 Å². The first-order valence-electron chi connectivity index (χ1n) is 11.3. The van der Waals surface area contributed by atoms with E-state index in [0.29, 0.717) is 17.8 Å². The summed E-state index contributed by atoms with van der Waals surface area (Å²) < 4.78 is 2.00. The Bertz CT molecular complexity index is 1170. The van der Waals surface area contributed by atoms with Gasteiger partial charge in [0.2, 0.25) is 6.41 Å². The number of nitrogens with two attached hydrogens (primary N) is 1. The van der Waals surface area contributed by atoms with E-state index in [9.17, 15) is 0 Å². The van der Waals surface area contributed by atoms with E-state index in [1.54, 1.807) is 13.2 Å². The Balaban J connectivity index is 0.000000709. The molecule has 1 aliphatic carbocycles. The minimum Gasteiger partial charge on any atom is -0.402 e. The van der Waals surface area contributed by atoms with Gasteiger partial charge in [-0.3, -0.25) is 14.9 Å². The third-order valence-electron chi connectivity index (χ3n) is 5.97. The maximum atomic E-state index is 9.06. The molecule has 0 aliphatic heterocycles. The lowest BCUT2D eigenvalue weighted by Gasteiger charge is -2.16. The number of carbonyl (C=O) groups excluding carboxylic acids is 1. The van der Waals surface area contributed by atoms with Crippen molar-refractivity contribution in [2.24, 2.45) is 11.1 Å². The van der Waals surface area contributed by atoms with Crippen LogP contribution in [0.1, 0.15) is 62.8 Å². The van der Waals surface area contributed by atoms with Gasteiger partial charge in [0, 0.05) is 36.1 Å². The molecule has 0 fully saturated rings. The van der Waals surface area contributed by atoms with E-state index < -0.39 is 0 Å². The second-order valence-corrected chi connectivity index (χ2v) is 9.38. The molecule has 1 aromatic carbocycles. The van der Waals surface area contributed by atoms with Gasteiger partial charge in [0.15, 0.2) is 5.65 Å². The Morgan fingerprint density at radius 3 is 2.52 bits per heavy atom. The Morgan fingerprint density at radius 1 is 1.30 bits per heavy atom. The molecule has 2 heterocycles. The number of amides is 1. The number of allylic oxidation sites excluding steroid dienone is 2. The fourth-order valence-electron chi connectivity index (χ4n) is 4.29.